The molecule has 4 rings (SSSR count). The van der Waals surface area contributed by atoms with Gasteiger partial charge in [0, 0.05) is 43.8 Å². The summed E-state index contributed by atoms with van der Waals surface area (Å²) in [4.78, 5) is 36.2. The fraction of sp³-hybridized carbons (Fsp3) is 0.385. The van der Waals surface area contributed by atoms with E-state index in [9.17, 15) is 22.8 Å². The Morgan fingerprint density at radius 1 is 1.05 bits per heavy atom. The average Bonchev–Trinajstić information content (AvgIpc) is 2.87. The number of rotatable bonds is 4. The molecule has 0 saturated carbocycles. The number of esters is 1. The molecule has 1 amide bonds. The summed E-state index contributed by atoms with van der Waals surface area (Å²) < 4.78 is 52.9. The van der Waals surface area contributed by atoms with E-state index in [-0.39, 0.29) is 59.5 Å². The Balaban J connectivity index is 1.65. The predicted molar refractivity (Wildman–Crippen MR) is 141 cm³/mol. The SMILES string of the molecule is COC(=O)c1cnc2ccc(Cl)nc2c1Nc1ccc(N2CCN(C(=O)OC(C)(C)C)CC2)c(C(F)(F)F)c1. The van der Waals surface area contributed by atoms with Crippen LogP contribution in [0.2, 0.25) is 5.15 Å². The minimum atomic E-state index is -4.68. The number of pyridine rings is 2. The van der Waals surface area contributed by atoms with Crippen molar-refractivity contribution >= 4 is 51.8 Å². The molecule has 0 radical (unpaired) electrons. The lowest BCUT2D eigenvalue weighted by molar-refractivity contribution is -0.137. The number of amides is 1. The Labute approximate surface area is 227 Å². The molecule has 1 aliphatic rings. The Kier molecular flexibility index (Phi) is 7.78. The van der Waals surface area contributed by atoms with E-state index in [0.29, 0.717) is 5.52 Å². The number of hydrogen-bond donors (Lipinski definition) is 1. The number of nitrogens with zero attached hydrogens (tertiary/aromatic N) is 4. The molecule has 2 aromatic heterocycles. The van der Waals surface area contributed by atoms with Crippen molar-refractivity contribution in [3.63, 3.8) is 0 Å². The first-order valence-electron chi connectivity index (χ1n) is 12.0. The fourth-order valence-electron chi connectivity index (χ4n) is 4.15. The maximum absolute atomic E-state index is 14.2. The number of alkyl halides is 3. The number of ether oxygens (including phenoxy) is 2. The second kappa shape index (κ2) is 10.8. The first-order chi connectivity index (χ1) is 18.3. The zero-order valence-corrected chi connectivity index (χ0v) is 22.5. The van der Waals surface area contributed by atoms with Crippen LogP contribution in [0.3, 0.4) is 0 Å². The van der Waals surface area contributed by atoms with Crippen molar-refractivity contribution in [1.82, 2.24) is 14.9 Å². The number of fused-ring (bicyclic) bond motifs is 1. The highest BCUT2D eigenvalue weighted by Crippen LogP contribution is 2.40. The molecule has 1 saturated heterocycles. The highest BCUT2D eigenvalue weighted by atomic mass is 35.5. The first-order valence-corrected chi connectivity index (χ1v) is 12.4. The molecule has 13 heteroatoms. The van der Waals surface area contributed by atoms with Crippen molar-refractivity contribution in [2.75, 3.05) is 43.5 Å². The van der Waals surface area contributed by atoms with Crippen molar-refractivity contribution in [3.05, 3.63) is 52.8 Å². The highest BCUT2D eigenvalue weighted by molar-refractivity contribution is 6.30. The summed E-state index contributed by atoms with van der Waals surface area (Å²) in [7, 11) is 1.18. The number of carbonyl (C=O) groups excluding carboxylic acids is 2. The third-order valence-electron chi connectivity index (χ3n) is 5.93. The summed E-state index contributed by atoms with van der Waals surface area (Å²) in [6.07, 6.45) is -3.92. The Bertz CT molecular complexity index is 1400. The Hall–Kier alpha value is -3.80. The van der Waals surface area contributed by atoms with Crippen molar-refractivity contribution in [1.29, 1.82) is 0 Å². The number of methoxy groups -OCH3 is 1. The van der Waals surface area contributed by atoms with E-state index in [2.05, 4.69) is 15.3 Å². The smallest absolute Gasteiger partial charge is 0.418 e. The van der Waals surface area contributed by atoms with Crippen LogP contribution in [0.4, 0.5) is 35.0 Å². The second-order valence-electron chi connectivity index (χ2n) is 9.85. The molecule has 0 bridgehead atoms. The van der Waals surface area contributed by atoms with E-state index in [1.165, 1.54) is 36.4 Å². The number of anilines is 3. The molecule has 1 aromatic carbocycles. The van der Waals surface area contributed by atoms with Crippen LogP contribution in [0.25, 0.3) is 11.0 Å². The third kappa shape index (κ3) is 6.44. The molecule has 0 atom stereocenters. The molecule has 1 fully saturated rings. The highest BCUT2D eigenvalue weighted by Gasteiger charge is 2.36. The summed E-state index contributed by atoms with van der Waals surface area (Å²) in [5.41, 5.74) is -0.830. The molecule has 1 aliphatic heterocycles. The number of aromatic nitrogens is 2. The second-order valence-corrected chi connectivity index (χ2v) is 10.2. The van der Waals surface area contributed by atoms with E-state index in [4.69, 9.17) is 21.1 Å². The zero-order valence-electron chi connectivity index (χ0n) is 21.7. The van der Waals surface area contributed by atoms with Crippen molar-refractivity contribution < 1.29 is 32.2 Å². The first kappa shape index (κ1) is 28.2. The van der Waals surface area contributed by atoms with E-state index in [0.717, 1.165) is 6.07 Å². The third-order valence-corrected chi connectivity index (χ3v) is 6.14. The van der Waals surface area contributed by atoms with Crippen LogP contribution < -0.4 is 10.2 Å². The number of carbonyl (C=O) groups is 2. The van der Waals surface area contributed by atoms with E-state index in [1.807, 2.05) is 0 Å². The Morgan fingerprint density at radius 3 is 2.36 bits per heavy atom. The van der Waals surface area contributed by atoms with Crippen LogP contribution in [-0.2, 0) is 15.7 Å². The molecule has 3 heterocycles. The lowest BCUT2D eigenvalue weighted by Crippen LogP contribution is -2.50. The van der Waals surface area contributed by atoms with Crippen molar-refractivity contribution in [2.45, 2.75) is 32.5 Å². The van der Waals surface area contributed by atoms with Gasteiger partial charge < -0.3 is 24.6 Å². The summed E-state index contributed by atoms with van der Waals surface area (Å²) in [5, 5.41) is 3.01. The molecular formula is C26H27ClF3N5O4. The number of piperazine rings is 1. The zero-order chi connectivity index (χ0) is 28.5. The molecule has 0 aliphatic carbocycles. The Morgan fingerprint density at radius 2 is 1.74 bits per heavy atom. The van der Waals surface area contributed by atoms with Gasteiger partial charge in [0.1, 0.15) is 21.8 Å². The number of nitrogens with one attached hydrogen (secondary N) is 1. The van der Waals surface area contributed by atoms with Crippen molar-refractivity contribution in [3.8, 4) is 0 Å². The quantitative estimate of drug-likeness (QED) is 0.309. The maximum atomic E-state index is 14.2. The monoisotopic (exact) mass is 565 g/mol. The fourth-order valence-corrected chi connectivity index (χ4v) is 4.30. The van der Waals surface area contributed by atoms with Crippen LogP contribution in [-0.4, -0.2) is 65.8 Å². The van der Waals surface area contributed by atoms with Gasteiger partial charge in [-0.2, -0.15) is 13.2 Å². The van der Waals surface area contributed by atoms with Crippen LogP contribution in [0.1, 0.15) is 36.7 Å². The summed E-state index contributed by atoms with van der Waals surface area (Å²) in [5.74, 6) is -0.746. The van der Waals surface area contributed by atoms with Gasteiger partial charge in [0.2, 0.25) is 0 Å². The van der Waals surface area contributed by atoms with Crippen LogP contribution >= 0.6 is 11.6 Å². The van der Waals surface area contributed by atoms with Gasteiger partial charge in [-0.25, -0.2) is 14.6 Å². The van der Waals surface area contributed by atoms with Gasteiger partial charge >= 0.3 is 18.2 Å². The molecule has 1 N–H and O–H groups in total. The van der Waals surface area contributed by atoms with Crippen LogP contribution in [0.5, 0.6) is 0 Å². The summed E-state index contributed by atoms with van der Waals surface area (Å²) >= 11 is 6.04. The van der Waals surface area contributed by atoms with E-state index in [1.54, 1.807) is 31.7 Å². The van der Waals surface area contributed by atoms with Crippen LogP contribution in [0, 0.1) is 0 Å². The topological polar surface area (TPSA) is 96.9 Å². The number of benzene rings is 1. The van der Waals surface area contributed by atoms with Gasteiger partial charge in [0.25, 0.3) is 0 Å². The van der Waals surface area contributed by atoms with Crippen LogP contribution in [0.15, 0.2) is 36.5 Å². The average molecular weight is 566 g/mol. The minimum Gasteiger partial charge on any atom is -0.465 e. The lowest BCUT2D eigenvalue weighted by atomic mass is 10.1. The number of halogens is 4. The molecule has 0 unspecified atom stereocenters. The molecule has 9 nitrogen and oxygen atoms in total. The van der Waals surface area contributed by atoms with Gasteiger partial charge in [0.15, 0.2) is 0 Å². The standard InChI is InChI=1S/C26H27ClF3N5O4/c1-25(2,3)39-24(37)35-11-9-34(10-12-35)19-7-5-15(13-17(19)26(28,29)30)32-21-16(23(36)38-4)14-31-18-6-8-20(27)33-22(18)21/h5-8,13-14H,9-12H2,1-4H3,(H,31,32). The number of hydrogen-bond acceptors (Lipinski definition) is 8. The van der Waals surface area contributed by atoms with Gasteiger partial charge in [0.05, 0.1) is 23.9 Å². The molecular weight excluding hydrogens is 539 g/mol. The van der Waals surface area contributed by atoms with Gasteiger partial charge in [-0.15, -0.1) is 0 Å². The summed E-state index contributed by atoms with van der Waals surface area (Å²) in [6, 6.07) is 6.89. The molecule has 39 heavy (non-hydrogen) atoms. The van der Waals surface area contributed by atoms with E-state index < -0.39 is 29.4 Å². The normalized spacial score (nSPS) is 14.4. The molecule has 3 aromatic rings. The van der Waals surface area contributed by atoms with Gasteiger partial charge in [-0.3, -0.25) is 4.98 Å². The van der Waals surface area contributed by atoms with Gasteiger partial charge in [-0.1, -0.05) is 11.6 Å². The predicted octanol–water partition coefficient (Wildman–Crippen LogP) is 5.89. The van der Waals surface area contributed by atoms with Crippen molar-refractivity contribution in [2.24, 2.45) is 0 Å². The molecule has 208 valence electrons. The van der Waals surface area contributed by atoms with Gasteiger partial charge in [-0.05, 0) is 51.1 Å². The lowest BCUT2D eigenvalue weighted by Gasteiger charge is -2.37. The van der Waals surface area contributed by atoms with E-state index >= 15 is 0 Å². The maximum Gasteiger partial charge on any atom is 0.418 e. The minimum absolute atomic E-state index is 0.0179. The molecule has 0 spiro atoms. The summed E-state index contributed by atoms with van der Waals surface area (Å²) in [6.45, 7) is 6.06. The largest absolute Gasteiger partial charge is 0.465 e.